The Morgan fingerprint density at radius 2 is 1.81 bits per heavy atom. The van der Waals surface area contributed by atoms with E-state index in [1.54, 1.807) is 17.1 Å². The lowest BCUT2D eigenvalue weighted by Gasteiger charge is -2.04. The molecule has 7 heteroatoms. The summed E-state index contributed by atoms with van der Waals surface area (Å²) in [6.07, 6.45) is 3.36. The van der Waals surface area contributed by atoms with Gasteiger partial charge in [-0.2, -0.15) is 9.94 Å². The molecule has 2 heterocycles. The molecule has 0 aliphatic carbocycles. The molecule has 102 valence electrons. The SMILES string of the molecule is N#CSc1ccc(-n2nnc(-c3ccncc3)c2N)cc1. The molecule has 1 aromatic carbocycles. The molecule has 0 radical (unpaired) electrons. The number of anilines is 1. The van der Waals surface area contributed by atoms with Crippen LogP contribution in [0.4, 0.5) is 5.82 Å². The molecule has 0 fully saturated rings. The Labute approximate surface area is 125 Å². The van der Waals surface area contributed by atoms with E-state index in [1.165, 1.54) is 0 Å². The van der Waals surface area contributed by atoms with E-state index in [0.29, 0.717) is 11.5 Å². The molecule has 0 saturated heterocycles. The highest BCUT2D eigenvalue weighted by atomic mass is 32.2. The molecule has 0 spiro atoms. The van der Waals surface area contributed by atoms with Gasteiger partial charge in [0.25, 0.3) is 0 Å². The van der Waals surface area contributed by atoms with Crippen molar-refractivity contribution in [1.82, 2.24) is 20.0 Å². The molecule has 0 aliphatic rings. The number of benzene rings is 1. The molecular formula is C14H10N6S. The van der Waals surface area contributed by atoms with Crippen LogP contribution in [-0.2, 0) is 0 Å². The van der Waals surface area contributed by atoms with Gasteiger partial charge in [0.1, 0.15) is 11.1 Å². The highest BCUT2D eigenvalue weighted by molar-refractivity contribution is 8.03. The van der Waals surface area contributed by atoms with Crippen LogP contribution in [0.25, 0.3) is 16.9 Å². The van der Waals surface area contributed by atoms with Crippen molar-refractivity contribution >= 4 is 17.6 Å². The fourth-order valence-corrected chi connectivity index (χ4v) is 2.28. The number of nitriles is 1. The largest absolute Gasteiger partial charge is 0.382 e. The lowest BCUT2D eigenvalue weighted by molar-refractivity contribution is 0.810. The van der Waals surface area contributed by atoms with Gasteiger partial charge in [0, 0.05) is 22.9 Å². The normalized spacial score (nSPS) is 10.2. The molecule has 2 N–H and O–H groups in total. The fourth-order valence-electron chi connectivity index (χ4n) is 1.90. The Bertz CT molecular complexity index is 789. The molecule has 0 saturated carbocycles. The smallest absolute Gasteiger partial charge is 0.155 e. The van der Waals surface area contributed by atoms with Crippen molar-refractivity contribution in [2.75, 3.05) is 5.73 Å². The number of nitrogens with two attached hydrogens (primary N) is 1. The number of thiocyanates is 1. The number of hydrogen-bond acceptors (Lipinski definition) is 6. The highest BCUT2D eigenvalue weighted by Crippen LogP contribution is 2.25. The number of aromatic nitrogens is 4. The third-order valence-corrected chi connectivity index (χ3v) is 3.50. The predicted octanol–water partition coefficient (Wildman–Crippen LogP) is 2.48. The zero-order chi connectivity index (χ0) is 14.7. The van der Waals surface area contributed by atoms with Gasteiger partial charge in [-0.15, -0.1) is 5.10 Å². The van der Waals surface area contributed by atoms with Gasteiger partial charge in [-0.1, -0.05) is 5.21 Å². The maximum Gasteiger partial charge on any atom is 0.155 e. The Morgan fingerprint density at radius 3 is 2.48 bits per heavy atom. The summed E-state index contributed by atoms with van der Waals surface area (Å²) in [5, 5.41) is 18.9. The highest BCUT2D eigenvalue weighted by Gasteiger charge is 2.12. The van der Waals surface area contributed by atoms with Gasteiger partial charge >= 0.3 is 0 Å². The molecule has 0 unspecified atom stereocenters. The predicted molar refractivity (Wildman–Crippen MR) is 80.5 cm³/mol. The van der Waals surface area contributed by atoms with Gasteiger partial charge in [0.2, 0.25) is 0 Å². The van der Waals surface area contributed by atoms with Gasteiger partial charge < -0.3 is 5.73 Å². The number of rotatable bonds is 3. The van der Waals surface area contributed by atoms with Crippen LogP contribution in [-0.4, -0.2) is 20.0 Å². The first-order valence-electron chi connectivity index (χ1n) is 6.07. The Balaban J connectivity index is 1.97. The van der Waals surface area contributed by atoms with E-state index in [2.05, 4.69) is 15.3 Å². The molecule has 0 atom stereocenters. The Morgan fingerprint density at radius 1 is 1.10 bits per heavy atom. The van der Waals surface area contributed by atoms with E-state index in [-0.39, 0.29) is 0 Å². The summed E-state index contributed by atoms with van der Waals surface area (Å²) in [6, 6.07) is 11.0. The van der Waals surface area contributed by atoms with E-state index in [0.717, 1.165) is 27.9 Å². The van der Waals surface area contributed by atoms with Gasteiger partial charge in [0.15, 0.2) is 5.82 Å². The monoisotopic (exact) mass is 294 g/mol. The van der Waals surface area contributed by atoms with Gasteiger partial charge in [-0.3, -0.25) is 4.98 Å². The second-order valence-corrected chi connectivity index (χ2v) is 5.02. The lowest BCUT2D eigenvalue weighted by atomic mass is 10.2. The van der Waals surface area contributed by atoms with Gasteiger partial charge in [-0.05, 0) is 48.2 Å². The number of pyridine rings is 1. The molecule has 3 aromatic rings. The summed E-state index contributed by atoms with van der Waals surface area (Å²) in [5.41, 5.74) is 8.40. The second kappa shape index (κ2) is 5.64. The molecular weight excluding hydrogens is 284 g/mol. The first-order chi connectivity index (χ1) is 10.3. The topological polar surface area (TPSA) is 93.4 Å². The summed E-state index contributed by atoms with van der Waals surface area (Å²) in [4.78, 5) is 4.84. The maximum atomic E-state index is 8.64. The minimum Gasteiger partial charge on any atom is -0.382 e. The molecule has 21 heavy (non-hydrogen) atoms. The van der Waals surface area contributed by atoms with Crippen molar-refractivity contribution in [2.24, 2.45) is 0 Å². The molecule has 2 aromatic heterocycles. The minimum atomic E-state index is 0.460. The van der Waals surface area contributed by atoms with Crippen molar-refractivity contribution in [3.63, 3.8) is 0 Å². The average Bonchev–Trinajstić information content (AvgIpc) is 2.91. The van der Waals surface area contributed by atoms with E-state index >= 15 is 0 Å². The maximum absolute atomic E-state index is 8.64. The van der Waals surface area contributed by atoms with E-state index in [9.17, 15) is 0 Å². The average molecular weight is 294 g/mol. The van der Waals surface area contributed by atoms with Crippen molar-refractivity contribution in [3.05, 3.63) is 48.8 Å². The number of nitrogens with zero attached hydrogens (tertiary/aromatic N) is 5. The molecule has 3 rings (SSSR count). The molecule has 0 aliphatic heterocycles. The zero-order valence-electron chi connectivity index (χ0n) is 10.8. The van der Waals surface area contributed by atoms with E-state index < -0.39 is 0 Å². The number of hydrogen-bond donors (Lipinski definition) is 1. The first-order valence-corrected chi connectivity index (χ1v) is 6.89. The van der Waals surface area contributed by atoms with Crippen molar-refractivity contribution in [2.45, 2.75) is 4.90 Å². The van der Waals surface area contributed by atoms with Crippen molar-refractivity contribution in [3.8, 4) is 22.3 Å². The van der Waals surface area contributed by atoms with Crippen LogP contribution in [0.3, 0.4) is 0 Å². The number of nitrogen functional groups attached to an aromatic ring is 1. The summed E-state index contributed by atoms with van der Waals surface area (Å²) < 4.78 is 1.57. The molecule has 6 nitrogen and oxygen atoms in total. The summed E-state index contributed by atoms with van der Waals surface area (Å²) >= 11 is 1.11. The zero-order valence-corrected chi connectivity index (χ0v) is 11.7. The van der Waals surface area contributed by atoms with Crippen LogP contribution in [0, 0.1) is 10.7 Å². The first kappa shape index (κ1) is 13.1. The van der Waals surface area contributed by atoms with Gasteiger partial charge in [0.05, 0.1) is 5.69 Å². The summed E-state index contributed by atoms with van der Waals surface area (Å²) in [7, 11) is 0. The van der Waals surface area contributed by atoms with Gasteiger partial charge in [-0.25, -0.2) is 0 Å². The summed E-state index contributed by atoms with van der Waals surface area (Å²) in [6.45, 7) is 0. The fraction of sp³-hybridized carbons (Fsp3) is 0. The second-order valence-electron chi connectivity index (χ2n) is 4.16. The van der Waals surface area contributed by atoms with Crippen LogP contribution in [0.5, 0.6) is 0 Å². The van der Waals surface area contributed by atoms with Crippen LogP contribution in [0.1, 0.15) is 0 Å². The van der Waals surface area contributed by atoms with Crippen LogP contribution in [0.2, 0.25) is 0 Å². The Hall–Kier alpha value is -2.85. The van der Waals surface area contributed by atoms with Crippen molar-refractivity contribution < 1.29 is 0 Å². The molecule has 0 amide bonds. The minimum absolute atomic E-state index is 0.460. The van der Waals surface area contributed by atoms with Crippen molar-refractivity contribution in [1.29, 1.82) is 5.26 Å². The van der Waals surface area contributed by atoms with Crippen LogP contribution in [0.15, 0.2) is 53.7 Å². The third-order valence-electron chi connectivity index (χ3n) is 2.90. The summed E-state index contributed by atoms with van der Waals surface area (Å²) in [5.74, 6) is 0.460. The van der Waals surface area contributed by atoms with Crippen LogP contribution < -0.4 is 5.73 Å². The van der Waals surface area contributed by atoms with E-state index in [4.69, 9.17) is 11.0 Å². The third kappa shape index (κ3) is 2.57. The Kier molecular flexibility index (Phi) is 3.53. The molecule has 0 bridgehead atoms. The van der Waals surface area contributed by atoms with E-state index in [1.807, 2.05) is 41.8 Å². The standard InChI is InChI=1S/C14H10N6S/c15-9-21-12-3-1-11(2-4-12)20-14(16)13(18-19-20)10-5-7-17-8-6-10/h1-8H,16H2. The van der Waals surface area contributed by atoms with Crippen LogP contribution >= 0.6 is 11.8 Å². The lowest BCUT2D eigenvalue weighted by Crippen LogP contribution is -2.02. The number of thioether (sulfide) groups is 1. The quantitative estimate of drug-likeness (QED) is 0.589.